The molecule has 0 aromatic carbocycles. The van der Waals surface area contributed by atoms with E-state index in [1.165, 1.54) is 0 Å². The minimum absolute atomic E-state index is 1.27. The Hall–Kier alpha value is 2.17. The Bertz CT molecular complexity index is 97.1. The molecule has 0 nitrogen and oxygen atoms in total. The molecule has 0 fully saturated rings. The maximum atomic E-state index is 5.47. The maximum Gasteiger partial charge on any atom is 0.212 e. The molecule has 62 valence electrons. The van der Waals surface area contributed by atoms with E-state index in [2.05, 4.69) is 0 Å². The first kappa shape index (κ1) is 12.2. The minimum atomic E-state index is -1.47. The third-order valence-corrected chi connectivity index (χ3v) is 6.85. The fourth-order valence-corrected chi connectivity index (χ4v) is 3.88. The van der Waals surface area contributed by atoms with E-state index in [0.29, 0.717) is 0 Å². The maximum absolute atomic E-state index is 5.47. The SMILES string of the molecule is CP(C(Cl)(Cl)Cl)C(Cl)(Cl)Cl. The largest absolute Gasteiger partial charge is 0.212 e. The first-order valence-electron chi connectivity index (χ1n) is 2.03. The minimum Gasteiger partial charge on any atom is -0.0787 e. The summed E-state index contributed by atoms with van der Waals surface area (Å²) in [5.41, 5.74) is 0. The number of rotatable bonds is 0. The molecule has 0 radical (unpaired) electrons. The van der Waals surface area contributed by atoms with E-state index in [1.54, 1.807) is 6.66 Å². The average molecular weight is 283 g/mol. The molecule has 0 spiro atoms. The highest BCUT2D eigenvalue weighted by Gasteiger charge is 2.42. The van der Waals surface area contributed by atoms with Crippen LogP contribution in [0.1, 0.15) is 0 Å². The number of alkyl halides is 6. The van der Waals surface area contributed by atoms with E-state index in [4.69, 9.17) is 69.6 Å². The van der Waals surface area contributed by atoms with Crippen LogP contribution in [0.2, 0.25) is 0 Å². The molecule has 0 saturated carbocycles. The molecular formula is C3H3Cl6P. The van der Waals surface area contributed by atoms with Gasteiger partial charge >= 0.3 is 0 Å². The van der Waals surface area contributed by atoms with Crippen molar-refractivity contribution in [3.63, 3.8) is 0 Å². The molecule has 10 heavy (non-hydrogen) atoms. The van der Waals surface area contributed by atoms with Crippen molar-refractivity contribution in [1.29, 1.82) is 0 Å². The molecule has 0 rings (SSSR count). The van der Waals surface area contributed by atoms with E-state index in [9.17, 15) is 0 Å². The zero-order chi connectivity index (χ0) is 8.58. The molecule has 0 aliphatic carbocycles. The lowest BCUT2D eigenvalue weighted by Gasteiger charge is -2.26. The third-order valence-electron chi connectivity index (χ3n) is 0.761. The first-order valence-corrected chi connectivity index (χ1v) is 6.08. The zero-order valence-corrected chi connectivity index (χ0v) is 10.1. The van der Waals surface area contributed by atoms with Gasteiger partial charge in [-0.05, 0) is 14.6 Å². The van der Waals surface area contributed by atoms with Crippen molar-refractivity contribution in [1.82, 2.24) is 0 Å². The Morgan fingerprint density at radius 2 is 1.00 bits per heavy atom. The summed E-state index contributed by atoms with van der Waals surface area (Å²) in [5.74, 6) is 0. The van der Waals surface area contributed by atoms with E-state index >= 15 is 0 Å². The van der Waals surface area contributed by atoms with E-state index < -0.39 is 15.0 Å². The van der Waals surface area contributed by atoms with Crippen LogP contribution in [0.15, 0.2) is 0 Å². The third kappa shape index (κ3) is 4.26. The van der Waals surface area contributed by atoms with Gasteiger partial charge in [0.05, 0.1) is 0 Å². The summed E-state index contributed by atoms with van der Waals surface area (Å²) in [5, 5.41) is 0. The van der Waals surface area contributed by atoms with E-state index in [1.807, 2.05) is 0 Å². The molecule has 7 heteroatoms. The molecule has 0 amide bonds. The van der Waals surface area contributed by atoms with Gasteiger partial charge in [0, 0.05) is 0 Å². The lowest BCUT2D eigenvalue weighted by Crippen LogP contribution is -2.10. The van der Waals surface area contributed by atoms with Crippen molar-refractivity contribution < 1.29 is 0 Å². The summed E-state index contributed by atoms with van der Waals surface area (Å²) in [6.45, 7) is 1.61. The summed E-state index contributed by atoms with van der Waals surface area (Å²) in [6, 6.07) is 0. The summed E-state index contributed by atoms with van der Waals surface area (Å²) in [7, 11) is -1.27. The Morgan fingerprint density at radius 3 is 1.00 bits per heavy atom. The van der Waals surface area contributed by atoms with Crippen LogP contribution in [0.25, 0.3) is 0 Å². The predicted molar refractivity (Wildman–Crippen MR) is 53.4 cm³/mol. The van der Waals surface area contributed by atoms with Gasteiger partial charge in [-0.15, -0.1) is 0 Å². The van der Waals surface area contributed by atoms with Gasteiger partial charge in [-0.2, -0.15) is 0 Å². The number of hydrogen-bond donors (Lipinski definition) is 0. The second-order valence-corrected chi connectivity index (χ2v) is 10.1. The Labute approximate surface area is 90.8 Å². The van der Waals surface area contributed by atoms with Crippen molar-refractivity contribution >= 4 is 77.5 Å². The lowest BCUT2D eigenvalue weighted by atomic mass is 11.8. The Balaban J connectivity index is 4.23. The van der Waals surface area contributed by atoms with Gasteiger partial charge in [-0.3, -0.25) is 0 Å². The van der Waals surface area contributed by atoms with Crippen LogP contribution in [0.3, 0.4) is 0 Å². The highest BCUT2D eigenvalue weighted by atomic mass is 35.6. The quantitative estimate of drug-likeness (QED) is 0.444. The topological polar surface area (TPSA) is 0 Å². The predicted octanol–water partition coefficient (Wildman–Crippen LogP) is 4.75. The molecule has 0 aromatic rings. The Morgan fingerprint density at radius 1 is 0.800 bits per heavy atom. The van der Waals surface area contributed by atoms with Gasteiger partial charge in [0.1, 0.15) is 0 Å². The van der Waals surface area contributed by atoms with E-state index in [0.717, 1.165) is 0 Å². The van der Waals surface area contributed by atoms with Crippen LogP contribution < -0.4 is 0 Å². The molecule has 0 aliphatic rings. The lowest BCUT2D eigenvalue weighted by molar-refractivity contribution is 1.58. The van der Waals surface area contributed by atoms with Crippen LogP contribution in [0, 0.1) is 0 Å². The summed E-state index contributed by atoms with van der Waals surface area (Å²) < 4.78 is -2.94. The molecule has 0 N–H and O–H groups in total. The van der Waals surface area contributed by atoms with Crippen molar-refractivity contribution in [3.05, 3.63) is 0 Å². The molecule has 0 saturated heterocycles. The standard InChI is InChI=1S/C3H3Cl6P/c1-10(2(4,5)6)3(7,8)9/h1H3. The normalized spacial score (nSPS) is 14.4. The zero-order valence-electron chi connectivity index (χ0n) is 4.72. The van der Waals surface area contributed by atoms with Crippen LogP contribution in [0.4, 0.5) is 0 Å². The second kappa shape index (κ2) is 3.92. The Kier molecular flexibility index (Phi) is 4.77. The van der Waals surface area contributed by atoms with Crippen LogP contribution in [0.5, 0.6) is 0 Å². The van der Waals surface area contributed by atoms with E-state index in [-0.39, 0.29) is 0 Å². The summed E-state index contributed by atoms with van der Waals surface area (Å²) in [4.78, 5) is 0. The molecule has 0 heterocycles. The fraction of sp³-hybridized carbons (Fsp3) is 1.00. The molecule has 0 aromatic heterocycles. The van der Waals surface area contributed by atoms with Gasteiger partial charge in [0.25, 0.3) is 0 Å². The van der Waals surface area contributed by atoms with Crippen LogP contribution in [-0.2, 0) is 0 Å². The molecule has 0 unspecified atom stereocenters. The first-order chi connectivity index (χ1) is 4.15. The van der Waals surface area contributed by atoms with Gasteiger partial charge in [0.15, 0.2) is 0 Å². The van der Waals surface area contributed by atoms with Crippen molar-refractivity contribution in [2.24, 2.45) is 0 Å². The van der Waals surface area contributed by atoms with Crippen molar-refractivity contribution in [2.45, 2.75) is 7.07 Å². The van der Waals surface area contributed by atoms with Gasteiger partial charge in [-0.1, -0.05) is 69.6 Å². The smallest absolute Gasteiger partial charge is 0.0787 e. The molecule has 0 atom stereocenters. The molecular weight excluding hydrogens is 280 g/mol. The van der Waals surface area contributed by atoms with Gasteiger partial charge in [-0.25, -0.2) is 0 Å². The monoisotopic (exact) mass is 280 g/mol. The van der Waals surface area contributed by atoms with Gasteiger partial charge < -0.3 is 0 Å². The molecule has 0 aliphatic heterocycles. The van der Waals surface area contributed by atoms with Crippen molar-refractivity contribution in [2.75, 3.05) is 6.66 Å². The highest BCUT2D eigenvalue weighted by molar-refractivity contribution is 7.72. The molecule has 0 bridgehead atoms. The van der Waals surface area contributed by atoms with Crippen molar-refractivity contribution in [3.8, 4) is 0 Å². The number of halogens is 6. The average Bonchev–Trinajstić information content (AvgIpc) is 1.59. The number of hydrogen-bond acceptors (Lipinski definition) is 0. The van der Waals surface area contributed by atoms with Crippen LogP contribution in [-0.4, -0.2) is 13.7 Å². The summed E-state index contributed by atoms with van der Waals surface area (Å²) in [6.07, 6.45) is 0. The van der Waals surface area contributed by atoms with Crippen LogP contribution >= 0.6 is 77.5 Å². The summed E-state index contributed by atoms with van der Waals surface area (Å²) >= 11 is 32.8. The second-order valence-electron chi connectivity index (χ2n) is 1.49. The fourth-order valence-electron chi connectivity index (χ4n) is 0.144. The van der Waals surface area contributed by atoms with Gasteiger partial charge in [0.2, 0.25) is 7.07 Å². The highest BCUT2D eigenvalue weighted by Crippen LogP contribution is 2.68.